The number of carbonyl (C=O) groups is 1. The summed E-state index contributed by atoms with van der Waals surface area (Å²) in [5.74, 6) is -0.670. The van der Waals surface area contributed by atoms with Gasteiger partial charge < -0.3 is 4.90 Å². The Morgan fingerprint density at radius 1 is 1.41 bits per heavy atom. The van der Waals surface area contributed by atoms with Crippen LogP contribution < -0.4 is 0 Å². The number of alkyl halides is 3. The summed E-state index contributed by atoms with van der Waals surface area (Å²) < 4.78 is 39.4. The van der Waals surface area contributed by atoms with Crippen LogP contribution in [0, 0.1) is 6.92 Å². The summed E-state index contributed by atoms with van der Waals surface area (Å²) in [5, 5.41) is 4.84. The minimum Gasteiger partial charge on any atom is -0.330 e. The molecule has 0 aliphatic carbocycles. The molecule has 0 radical (unpaired) electrons. The van der Waals surface area contributed by atoms with Gasteiger partial charge >= 0.3 is 6.18 Å². The zero-order valence-electron chi connectivity index (χ0n) is 12.6. The molecule has 0 saturated heterocycles. The van der Waals surface area contributed by atoms with Crippen LogP contribution in [0.5, 0.6) is 0 Å². The molecule has 8 heteroatoms. The standard InChI is InChI=1S/C14H17F3N4O/c1-4-5-21(8-14(15,16)17)13(22)10-6-11-9(2)19-20(3)12(11)18-7-10/h6-7H,4-5,8H2,1-3H3. The molecule has 2 aromatic rings. The van der Waals surface area contributed by atoms with E-state index in [1.54, 1.807) is 31.6 Å². The molecular weight excluding hydrogens is 297 g/mol. The summed E-state index contributed by atoms with van der Waals surface area (Å²) in [5.41, 5.74) is 1.41. The average Bonchev–Trinajstić information content (AvgIpc) is 2.71. The number of hydrogen-bond acceptors (Lipinski definition) is 3. The van der Waals surface area contributed by atoms with Gasteiger partial charge in [0.15, 0.2) is 5.65 Å². The Bertz CT molecular complexity index is 693. The monoisotopic (exact) mass is 314 g/mol. The van der Waals surface area contributed by atoms with Crippen molar-refractivity contribution in [2.45, 2.75) is 26.4 Å². The third-order valence-electron chi connectivity index (χ3n) is 3.26. The van der Waals surface area contributed by atoms with Crippen molar-refractivity contribution in [1.82, 2.24) is 19.7 Å². The van der Waals surface area contributed by atoms with Crippen LogP contribution in [0.1, 0.15) is 29.4 Å². The summed E-state index contributed by atoms with van der Waals surface area (Å²) in [6, 6.07) is 1.55. The summed E-state index contributed by atoms with van der Waals surface area (Å²) in [7, 11) is 1.72. The lowest BCUT2D eigenvalue weighted by molar-refractivity contribution is -0.140. The molecule has 2 heterocycles. The molecular formula is C14H17F3N4O. The first-order valence-corrected chi connectivity index (χ1v) is 6.88. The van der Waals surface area contributed by atoms with Crippen LogP contribution in [0.15, 0.2) is 12.3 Å². The first kappa shape index (κ1) is 16.3. The van der Waals surface area contributed by atoms with Crippen molar-refractivity contribution in [3.63, 3.8) is 0 Å². The Balaban J connectivity index is 2.35. The summed E-state index contributed by atoms with van der Waals surface area (Å²) in [6.45, 7) is 2.27. The second-order valence-corrected chi connectivity index (χ2v) is 5.15. The number of halogens is 3. The summed E-state index contributed by atoms with van der Waals surface area (Å²) in [4.78, 5) is 17.3. The molecule has 0 aromatic carbocycles. The van der Waals surface area contributed by atoms with Gasteiger partial charge in [-0.15, -0.1) is 0 Å². The lowest BCUT2D eigenvalue weighted by atomic mass is 10.2. The third kappa shape index (κ3) is 3.37. The zero-order valence-corrected chi connectivity index (χ0v) is 12.6. The fourth-order valence-corrected chi connectivity index (χ4v) is 2.35. The van der Waals surface area contributed by atoms with Crippen molar-refractivity contribution >= 4 is 16.9 Å². The van der Waals surface area contributed by atoms with Gasteiger partial charge in [0.2, 0.25) is 0 Å². The molecule has 5 nitrogen and oxygen atoms in total. The first-order chi connectivity index (χ1) is 10.2. The van der Waals surface area contributed by atoms with Gasteiger partial charge in [-0.1, -0.05) is 6.92 Å². The molecule has 0 saturated carbocycles. The molecule has 0 atom stereocenters. The van der Waals surface area contributed by atoms with E-state index in [0.29, 0.717) is 23.1 Å². The molecule has 0 fully saturated rings. The Hall–Kier alpha value is -2.12. The molecule has 0 aliphatic heterocycles. The molecule has 2 rings (SSSR count). The topological polar surface area (TPSA) is 51.0 Å². The highest BCUT2D eigenvalue weighted by atomic mass is 19.4. The number of aryl methyl sites for hydroxylation is 2. The van der Waals surface area contributed by atoms with Crippen LogP contribution in [0.3, 0.4) is 0 Å². The van der Waals surface area contributed by atoms with E-state index in [9.17, 15) is 18.0 Å². The predicted octanol–water partition coefficient (Wildman–Crippen LogP) is 2.69. The van der Waals surface area contributed by atoms with E-state index in [4.69, 9.17) is 0 Å². The van der Waals surface area contributed by atoms with Gasteiger partial charge in [-0.2, -0.15) is 18.3 Å². The van der Waals surface area contributed by atoms with Gasteiger partial charge in [-0.25, -0.2) is 4.98 Å². The molecule has 0 unspecified atom stereocenters. The zero-order chi connectivity index (χ0) is 16.5. The van der Waals surface area contributed by atoms with Crippen molar-refractivity contribution in [1.29, 1.82) is 0 Å². The quantitative estimate of drug-likeness (QED) is 0.872. The lowest BCUT2D eigenvalue weighted by Crippen LogP contribution is -2.39. The molecule has 1 amide bonds. The van der Waals surface area contributed by atoms with Gasteiger partial charge in [-0.3, -0.25) is 9.48 Å². The Labute approximate surface area is 125 Å². The van der Waals surface area contributed by atoms with Gasteiger partial charge in [0.25, 0.3) is 5.91 Å². The maximum absolute atomic E-state index is 12.6. The van der Waals surface area contributed by atoms with Crippen LogP contribution >= 0.6 is 0 Å². The van der Waals surface area contributed by atoms with E-state index >= 15 is 0 Å². The molecule has 0 spiro atoms. The smallest absolute Gasteiger partial charge is 0.330 e. The van der Waals surface area contributed by atoms with Crippen LogP contribution in [-0.2, 0) is 7.05 Å². The van der Waals surface area contributed by atoms with Crippen molar-refractivity contribution in [3.8, 4) is 0 Å². The maximum atomic E-state index is 12.6. The molecule has 0 bridgehead atoms. The highest BCUT2D eigenvalue weighted by Crippen LogP contribution is 2.21. The number of pyridine rings is 1. The van der Waals surface area contributed by atoms with E-state index in [0.717, 1.165) is 4.90 Å². The van der Waals surface area contributed by atoms with Crippen molar-refractivity contribution in [3.05, 3.63) is 23.5 Å². The number of fused-ring (bicyclic) bond motifs is 1. The van der Waals surface area contributed by atoms with Gasteiger partial charge in [0.1, 0.15) is 6.54 Å². The van der Waals surface area contributed by atoms with E-state index in [2.05, 4.69) is 10.1 Å². The lowest BCUT2D eigenvalue weighted by Gasteiger charge is -2.23. The van der Waals surface area contributed by atoms with Crippen LogP contribution in [0.25, 0.3) is 11.0 Å². The minimum absolute atomic E-state index is 0.0440. The normalized spacial score (nSPS) is 11.9. The van der Waals surface area contributed by atoms with Crippen molar-refractivity contribution in [2.24, 2.45) is 7.05 Å². The Kier molecular flexibility index (Phi) is 4.39. The van der Waals surface area contributed by atoms with E-state index in [1.807, 2.05) is 0 Å². The summed E-state index contributed by atoms with van der Waals surface area (Å²) >= 11 is 0. The molecule has 0 aliphatic rings. The number of hydrogen-bond donors (Lipinski definition) is 0. The highest BCUT2D eigenvalue weighted by Gasteiger charge is 2.33. The van der Waals surface area contributed by atoms with Crippen LogP contribution in [0.4, 0.5) is 13.2 Å². The van der Waals surface area contributed by atoms with Gasteiger partial charge in [-0.05, 0) is 19.4 Å². The summed E-state index contributed by atoms with van der Waals surface area (Å²) in [6.07, 6.45) is -2.68. The average molecular weight is 314 g/mol. The van der Waals surface area contributed by atoms with Crippen LogP contribution in [0.2, 0.25) is 0 Å². The molecule has 22 heavy (non-hydrogen) atoms. The third-order valence-corrected chi connectivity index (χ3v) is 3.26. The van der Waals surface area contributed by atoms with Crippen molar-refractivity contribution < 1.29 is 18.0 Å². The number of carbonyl (C=O) groups excluding carboxylic acids is 1. The Morgan fingerprint density at radius 3 is 2.68 bits per heavy atom. The van der Waals surface area contributed by atoms with Gasteiger partial charge in [0, 0.05) is 25.2 Å². The number of rotatable bonds is 4. The van der Waals surface area contributed by atoms with Gasteiger partial charge in [0.05, 0.1) is 11.3 Å². The molecule has 2 aromatic heterocycles. The number of amides is 1. The van der Waals surface area contributed by atoms with E-state index in [1.165, 1.54) is 6.20 Å². The number of nitrogens with zero attached hydrogens (tertiary/aromatic N) is 4. The van der Waals surface area contributed by atoms with E-state index < -0.39 is 18.6 Å². The van der Waals surface area contributed by atoms with E-state index in [-0.39, 0.29) is 12.1 Å². The number of aromatic nitrogens is 3. The fraction of sp³-hybridized carbons (Fsp3) is 0.500. The SMILES string of the molecule is CCCN(CC(F)(F)F)C(=O)c1cnc2c(c1)c(C)nn2C. The second-order valence-electron chi connectivity index (χ2n) is 5.15. The minimum atomic E-state index is -4.42. The largest absolute Gasteiger partial charge is 0.406 e. The highest BCUT2D eigenvalue weighted by molar-refractivity contribution is 5.97. The predicted molar refractivity (Wildman–Crippen MR) is 75.5 cm³/mol. The second kappa shape index (κ2) is 5.94. The maximum Gasteiger partial charge on any atom is 0.406 e. The first-order valence-electron chi connectivity index (χ1n) is 6.88. The molecule has 120 valence electrons. The van der Waals surface area contributed by atoms with Crippen LogP contribution in [-0.4, -0.2) is 44.8 Å². The molecule has 0 N–H and O–H groups in total. The van der Waals surface area contributed by atoms with Crippen molar-refractivity contribution in [2.75, 3.05) is 13.1 Å². The Morgan fingerprint density at radius 2 is 2.09 bits per heavy atom. The fourth-order valence-electron chi connectivity index (χ4n) is 2.35.